The third kappa shape index (κ3) is 2.19. The molecule has 3 heteroatoms. The van der Waals surface area contributed by atoms with E-state index in [-0.39, 0.29) is 0 Å². The van der Waals surface area contributed by atoms with Gasteiger partial charge in [-0.15, -0.1) is 0 Å². The summed E-state index contributed by atoms with van der Waals surface area (Å²) in [5, 5.41) is 6.80. The van der Waals surface area contributed by atoms with E-state index in [1.165, 1.54) is 12.8 Å². The highest BCUT2D eigenvalue weighted by molar-refractivity contribution is 4.82. The van der Waals surface area contributed by atoms with Gasteiger partial charge in [-0.3, -0.25) is 0 Å². The van der Waals surface area contributed by atoms with Crippen LogP contribution >= 0.6 is 0 Å². The Kier molecular flexibility index (Phi) is 2.98. The van der Waals surface area contributed by atoms with Gasteiger partial charge in [0.1, 0.15) is 0 Å². The van der Waals surface area contributed by atoms with Crippen LogP contribution in [0, 0.1) is 5.92 Å². The second-order valence-electron chi connectivity index (χ2n) is 3.85. The van der Waals surface area contributed by atoms with Crippen LogP contribution in [0.15, 0.2) is 0 Å². The molecule has 0 bridgehead atoms. The molecule has 2 heterocycles. The van der Waals surface area contributed by atoms with Crippen molar-refractivity contribution in [3.05, 3.63) is 0 Å². The monoisotopic (exact) mass is 170 g/mol. The maximum absolute atomic E-state index is 5.41. The molecular formula is C9H18N2O. The Bertz CT molecular complexity index is 130. The molecule has 2 aliphatic rings. The molecule has 1 unspecified atom stereocenters. The second-order valence-corrected chi connectivity index (χ2v) is 3.85. The average Bonchev–Trinajstić information content (AvgIpc) is 2.04. The van der Waals surface area contributed by atoms with E-state index >= 15 is 0 Å². The van der Waals surface area contributed by atoms with Crippen LogP contribution in [0.5, 0.6) is 0 Å². The minimum atomic E-state index is 0.729. The summed E-state index contributed by atoms with van der Waals surface area (Å²) in [7, 11) is 0. The van der Waals surface area contributed by atoms with Crippen LogP contribution in [0.1, 0.15) is 12.8 Å². The lowest BCUT2D eigenvalue weighted by molar-refractivity contribution is 0.0530. The normalized spacial score (nSPS) is 31.5. The Morgan fingerprint density at radius 3 is 2.92 bits per heavy atom. The smallest absolute Gasteiger partial charge is 0.0506 e. The summed E-state index contributed by atoms with van der Waals surface area (Å²) in [6.07, 6.45) is 2.59. The van der Waals surface area contributed by atoms with Crippen molar-refractivity contribution in [1.29, 1.82) is 0 Å². The third-order valence-electron chi connectivity index (χ3n) is 2.73. The highest BCUT2D eigenvalue weighted by Crippen LogP contribution is 2.12. The van der Waals surface area contributed by atoms with Crippen molar-refractivity contribution in [1.82, 2.24) is 10.6 Å². The van der Waals surface area contributed by atoms with Crippen LogP contribution in [0.4, 0.5) is 0 Å². The molecule has 0 aromatic rings. The first kappa shape index (κ1) is 8.48. The second kappa shape index (κ2) is 4.21. The van der Waals surface area contributed by atoms with Crippen LogP contribution in [0.25, 0.3) is 0 Å². The highest BCUT2D eigenvalue weighted by Gasteiger charge is 2.19. The number of ether oxygens (including phenoxy) is 1. The number of nitrogens with one attached hydrogen (secondary N) is 2. The van der Waals surface area contributed by atoms with Crippen molar-refractivity contribution in [2.45, 2.75) is 18.9 Å². The molecule has 2 saturated heterocycles. The zero-order valence-electron chi connectivity index (χ0n) is 7.51. The van der Waals surface area contributed by atoms with E-state index in [9.17, 15) is 0 Å². The quantitative estimate of drug-likeness (QED) is 0.624. The van der Waals surface area contributed by atoms with Gasteiger partial charge in [0.15, 0.2) is 0 Å². The van der Waals surface area contributed by atoms with Crippen molar-refractivity contribution in [3.8, 4) is 0 Å². The summed E-state index contributed by atoms with van der Waals surface area (Å²) < 4.78 is 5.41. The van der Waals surface area contributed by atoms with E-state index < -0.39 is 0 Å². The predicted molar refractivity (Wildman–Crippen MR) is 48.2 cm³/mol. The van der Waals surface area contributed by atoms with Crippen molar-refractivity contribution in [3.63, 3.8) is 0 Å². The maximum atomic E-state index is 5.41. The first-order valence-corrected chi connectivity index (χ1v) is 4.97. The highest BCUT2D eigenvalue weighted by atomic mass is 16.5. The van der Waals surface area contributed by atoms with Crippen LogP contribution in [-0.2, 0) is 4.74 Å². The lowest BCUT2D eigenvalue weighted by Gasteiger charge is -2.31. The van der Waals surface area contributed by atoms with Crippen LogP contribution in [0.2, 0.25) is 0 Å². The standard InChI is InChI=1S/C9H18N2O/c1-2-8(7-12-3-1)4-11-9-5-10-6-9/h8-11H,1-7H2. The zero-order valence-corrected chi connectivity index (χ0v) is 7.51. The van der Waals surface area contributed by atoms with Gasteiger partial charge < -0.3 is 15.4 Å². The van der Waals surface area contributed by atoms with E-state index in [1.807, 2.05) is 0 Å². The number of hydrogen-bond donors (Lipinski definition) is 2. The van der Waals surface area contributed by atoms with E-state index in [1.54, 1.807) is 0 Å². The summed E-state index contributed by atoms with van der Waals surface area (Å²) in [5.74, 6) is 0.763. The molecule has 0 radical (unpaired) electrons. The molecular weight excluding hydrogens is 152 g/mol. The molecule has 2 fully saturated rings. The fourth-order valence-electron chi connectivity index (χ4n) is 1.73. The van der Waals surface area contributed by atoms with Crippen LogP contribution < -0.4 is 10.6 Å². The summed E-state index contributed by atoms with van der Waals surface area (Å²) in [6.45, 7) is 5.38. The van der Waals surface area contributed by atoms with Gasteiger partial charge in [0.2, 0.25) is 0 Å². The zero-order chi connectivity index (χ0) is 8.23. The van der Waals surface area contributed by atoms with Crippen molar-refractivity contribution in [2.24, 2.45) is 5.92 Å². The van der Waals surface area contributed by atoms with Gasteiger partial charge in [0, 0.05) is 32.3 Å². The molecule has 1 atom stereocenters. The molecule has 70 valence electrons. The molecule has 0 amide bonds. The maximum Gasteiger partial charge on any atom is 0.0506 e. The lowest BCUT2D eigenvalue weighted by Crippen LogP contribution is -2.56. The van der Waals surface area contributed by atoms with Crippen LogP contribution in [0.3, 0.4) is 0 Å². The SMILES string of the molecule is C1COCC(CNC2CNC2)C1. The number of hydrogen-bond acceptors (Lipinski definition) is 3. The Hall–Kier alpha value is -0.120. The predicted octanol–water partition coefficient (Wildman–Crippen LogP) is -0.0256. The Labute approximate surface area is 73.9 Å². The van der Waals surface area contributed by atoms with Crippen LogP contribution in [-0.4, -0.2) is 38.9 Å². The van der Waals surface area contributed by atoms with Gasteiger partial charge in [-0.1, -0.05) is 0 Å². The topological polar surface area (TPSA) is 33.3 Å². The summed E-state index contributed by atoms with van der Waals surface area (Å²) in [5.41, 5.74) is 0. The van der Waals surface area contributed by atoms with Gasteiger partial charge in [-0.2, -0.15) is 0 Å². The van der Waals surface area contributed by atoms with Crippen molar-refractivity contribution >= 4 is 0 Å². The van der Waals surface area contributed by atoms with Gasteiger partial charge in [0.05, 0.1) is 6.61 Å². The third-order valence-corrected chi connectivity index (χ3v) is 2.73. The van der Waals surface area contributed by atoms with Gasteiger partial charge in [0.25, 0.3) is 0 Å². The van der Waals surface area contributed by atoms with Crippen molar-refractivity contribution in [2.75, 3.05) is 32.8 Å². The van der Waals surface area contributed by atoms with E-state index in [0.717, 1.165) is 44.8 Å². The summed E-state index contributed by atoms with van der Waals surface area (Å²) in [6, 6.07) is 0.729. The molecule has 0 aromatic heterocycles. The molecule has 3 nitrogen and oxygen atoms in total. The van der Waals surface area contributed by atoms with Gasteiger partial charge in [-0.05, 0) is 18.8 Å². The fourth-order valence-corrected chi connectivity index (χ4v) is 1.73. The number of rotatable bonds is 3. The fraction of sp³-hybridized carbons (Fsp3) is 1.00. The lowest BCUT2D eigenvalue weighted by atomic mass is 10.0. The summed E-state index contributed by atoms with van der Waals surface area (Å²) in [4.78, 5) is 0. The molecule has 0 spiro atoms. The first-order valence-electron chi connectivity index (χ1n) is 4.97. The van der Waals surface area contributed by atoms with Gasteiger partial charge >= 0.3 is 0 Å². The minimum absolute atomic E-state index is 0.729. The Morgan fingerprint density at radius 1 is 1.42 bits per heavy atom. The average molecular weight is 170 g/mol. The molecule has 0 aliphatic carbocycles. The molecule has 2 N–H and O–H groups in total. The minimum Gasteiger partial charge on any atom is -0.381 e. The van der Waals surface area contributed by atoms with E-state index in [0.29, 0.717) is 0 Å². The molecule has 0 aromatic carbocycles. The molecule has 0 saturated carbocycles. The molecule has 2 rings (SSSR count). The largest absolute Gasteiger partial charge is 0.381 e. The molecule has 12 heavy (non-hydrogen) atoms. The van der Waals surface area contributed by atoms with Gasteiger partial charge in [-0.25, -0.2) is 0 Å². The summed E-state index contributed by atoms with van der Waals surface area (Å²) >= 11 is 0. The van der Waals surface area contributed by atoms with Crippen molar-refractivity contribution < 1.29 is 4.74 Å². The van der Waals surface area contributed by atoms with E-state index in [4.69, 9.17) is 4.74 Å². The Morgan fingerprint density at radius 2 is 2.33 bits per heavy atom. The Balaban J connectivity index is 1.58. The molecule has 2 aliphatic heterocycles. The van der Waals surface area contributed by atoms with E-state index in [2.05, 4.69) is 10.6 Å². The first-order chi connectivity index (χ1) is 5.95.